The first-order chi connectivity index (χ1) is 10.6. The highest BCUT2D eigenvalue weighted by Crippen LogP contribution is 2.19. The van der Waals surface area contributed by atoms with E-state index in [9.17, 15) is 4.79 Å². The van der Waals surface area contributed by atoms with E-state index in [1.165, 1.54) is 4.88 Å². The number of anilines is 1. The molecule has 1 aliphatic rings. The molecule has 3 heterocycles. The Morgan fingerprint density at radius 1 is 1.05 bits per heavy atom. The van der Waals surface area contributed by atoms with Crippen molar-refractivity contribution >= 4 is 23.1 Å². The summed E-state index contributed by atoms with van der Waals surface area (Å²) in [6.07, 6.45) is 0.950. The van der Waals surface area contributed by atoms with E-state index in [4.69, 9.17) is 0 Å². The van der Waals surface area contributed by atoms with Crippen LogP contribution in [-0.2, 0) is 0 Å². The fourth-order valence-corrected chi connectivity index (χ4v) is 3.45. The molecule has 6 heteroatoms. The SMILES string of the molecule is Cc1ccc(N2CCCN(C(=O)c3ccc(C)s3)CC2)nn1. The summed E-state index contributed by atoms with van der Waals surface area (Å²) in [7, 11) is 0. The number of carbonyl (C=O) groups is 1. The predicted molar refractivity (Wildman–Crippen MR) is 88.6 cm³/mol. The molecule has 0 radical (unpaired) electrons. The third-order valence-electron chi connectivity index (χ3n) is 3.84. The summed E-state index contributed by atoms with van der Waals surface area (Å²) in [5.74, 6) is 1.04. The summed E-state index contributed by atoms with van der Waals surface area (Å²) in [5, 5.41) is 8.37. The van der Waals surface area contributed by atoms with Gasteiger partial charge < -0.3 is 9.80 Å². The standard InChI is InChI=1S/C16H20N4OS/c1-12-4-7-15(18-17-12)19-8-3-9-20(11-10-19)16(21)14-6-5-13(2)22-14/h4-7H,3,8-11H2,1-2H3. The first-order valence-electron chi connectivity index (χ1n) is 7.54. The molecule has 3 rings (SSSR count). The maximum absolute atomic E-state index is 12.5. The lowest BCUT2D eigenvalue weighted by Gasteiger charge is -2.22. The van der Waals surface area contributed by atoms with E-state index in [0.717, 1.165) is 49.0 Å². The lowest BCUT2D eigenvalue weighted by atomic mass is 10.3. The lowest BCUT2D eigenvalue weighted by molar-refractivity contribution is 0.0772. The Balaban J connectivity index is 1.67. The van der Waals surface area contributed by atoms with Gasteiger partial charge in [0.15, 0.2) is 5.82 Å². The molecule has 1 fully saturated rings. The molecule has 22 heavy (non-hydrogen) atoms. The zero-order chi connectivity index (χ0) is 15.5. The van der Waals surface area contributed by atoms with Gasteiger partial charge >= 0.3 is 0 Å². The molecular formula is C16H20N4OS. The molecule has 0 atom stereocenters. The van der Waals surface area contributed by atoms with Crippen LogP contribution in [0.2, 0.25) is 0 Å². The van der Waals surface area contributed by atoms with Crippen LogP contribution in [0.3, 0.4) is 0 Å². The molecule has 0 saturated carbocycles. The topological polar surface area (TPSA) is 49.3 Å². The smallest absolute Gasteiger partial charge is 0.263 e. The average molecular weight is 316 g/mol. The van der Waals surface area contributed by atoms with Crippen LogP contribution in [0.15, 0.2) is 24.3 Å². The molecule has 0 unspecified atom stereocenters. The number of carbonyl (C=O) groups excluding carboxylic acids is 1. The Hall–Kier alpha value is -1.95. The largest absolute Gasteiger partial charge is 0.353 e. The first kappa shape index (κ1) is 15.0. The van der Waals surface area contributed by atoms with Gasteiger partial charge in [-0.3, -0.25) is 4.79 Å². The van der Waals surface area contributed by atoms with Gasteiger partial charge in [0, 0.05) is 31.1 Å². The zero-order valence-corrected chi connectivity index (χ0v) is 13.8. The molecule has 0 N–H and O–H groups in total. The van der Waals surface area contributed by atoms with Gasteiger partial charge in [0.25, 0.3) is 5.91 Å². The summed E-state index contributed by atoms with van der Waals surface area (Å²) < 4.78 is 0. The molecule has 1 amide bonds. The van der Waals surface area contributed by atoms with Gasteiger partial charge in [-0.05, 0) is 44.5 Å². The Bertz CT molecular complexity index is 652. The van der Waals surface area contributed by atoms with E-state index < -0.39 is 0 Å². The Kier molecular flexibility index (Phi) is 4.38. The van der Waals surface area contributed by atoms with Gasteiger partial charge in [0.05, 0.1) is 10.6 Å². The fourth-order valence-electron chi connectivity index (χ4n) is 2.62. The van der Waals surface area contributed by atoms with Crippen LogP contribution in [-0.4, -0.2) is 47.2 Å². The summed E-state index contributed by atoms with van der Waals surface area (Å²) >= 11 is 1.57. The highest BCUT2D eigenvalue weighted by atomic mass is 32.1. The van der Waals surface area contributed by atoms with Crippen molar-refractivity contribution in [1.29, 1.82) is 0 Å². The summed E-state index contributed by atoms with van der Waals surface area (Å²) in [5.41, 5.74) is 0.920. The van der Waals surface area contributed by atoms with Gasteiger partial charge in [-0.2, -0.15) is 5.10 Å². The molecule has 2 aromatic heterocycles. The number of hydrogen-bond acceptors (Lipinski definition) is 5. The number of aryl methyl sites for hydroxylation is 2. The van der Waals surface area contributed by atoms with Crippen LogP contribution in [0, 0.1) is 13.8 Å². The summed E-state index contributed by atoms with van der Waals surface area (Å²) in [6.45, 7) is 7.19. The molecule has 1 aliphatic heterocycles. The van der Waals surface area contributed by atoms with Crippen molar-refractivity contribution < 1.29 is 4.79 Å². The van der Waals surface area contributed by atoms with E-state index in [1.54, 1.807) is 11.3 Å². The maximum atomic E-state index is 12.5. The summed E-state index contributed by atoms with van der Waals surface area (Å²) in [4.78, 5) is 18.7. The molecule has 5 nitrogen and oxygen atoms in total. The highest BCUT2D eigenvalue weighted by molar-refractivity contribution is 7.13. The van der Waals surface area contributed by atoms with Crippen LogP contribution in [0.5, 0.6) is 0 Å². The quantitative estimate of drug-likeness (QED) is 0.854. The predicted octanol–water partition coefficient (Wildman–Crippen LogP) is 2.51. The normalized spacial score (nSPS) is 15.7. The second-order valence-electron chi connectivity index (χ2n) is 5.58. The Labute approximate surface area is 134 Å². The van der Waals surface area contributed by atoms with E-state index in [0.29, 0.717) is 0 Å². The Morgan fingerprint density at radius 2 is 1.91 bits per heavy atom. The van der Waals surface area contributed by atoms with Crippen molar-refractivity contribution in [3.05, 3.63) is 39.7 Å². The molecule has 0 aliphatic carbocycles. The van der Waals surface area contributed by atoms with E-state index in [1.807, 2.05) is 43.0 Å². The second-order valence-corrected chi connectivity index (χ2v) is 6.86. The van der Waals surface area contributed by atoms with Crippen LogP contribution in [0.25, 0.3) is 0 Å². The van der Waals surface area contributed by atoms with E-state index >= 15 is 0 Å². The van der Waals surface area contributed by atoms with Crippen molar-refractivity contribution in [1.82, 2.24) is 15.1 Å². The number of aromatic nitrogens is 2. The molecule has 0 aromatic carbocycles. The van der Waals surface area contributed by atoms with Gasteiger partial charge in [0.1, 0.15) is 0 Å². The minimum absolute atomic E-state index is 0.148. The average Bonchev–Trinajstić information content (AvgIpc) is 2.81. The minimum Gasteiger partial charge on any atom is -0.353 e. The van der Waals surface area contributed by atoms with Gasteiger partial charge in [0.2, 0.25) is 0 Å². The van der Waals surface area contributed by atoms with Crippen LogP contribution >= 0.6 is 11.3 Å². The van der Waals surface area contributed by atoms with E-state index in [2.05, 4.69) is 15.1 Å². The molecule has 2 aromatic rings. The van der Waals surface area contributed by atoms with Crippen LogP contribution in [0.1, 0.15) is 26.7 Å². The third kappa shape index (κ3) is 3.27. The summed E-state index contributed by atoms with van der Waals surface area (Å²) in [6, 6.07) is 7.91. The molecular weight excluding hydrogens is 296 g/mol. The van der Waals surface area contributed by atoms with Crippen LogP contribution in [0.4, 0.5) is 5.82 Å². The molecule has 0 spiro atoms. The monoisotopic (exact) mass is 316 g/mol. The molecule has 116 valence electrons. The number of nitrogens with zero attached hydrogens (tertiary/aromatic N) is 4. The highest BCUT2D eigenvalue weighted by Gasteiger charge is 2.21. The number of amides is 1. The third-order valence-corrected chi connectivity index (χ3v) is 4.83. The van der Waals surface area contributed by atoms with Gasteiger partial charge in [-0.1, -0.05) is 0 Å². The number of hydrogen-bond donors (Lipinski definition) is 0. The number of rotatable bonds is 2. The van der Waals surface area contributed by atoms with Crippen LogP contribution < -0.4 is 4.90 Å². The van der Waals surface area contributed by atoms with Crippen molar-refractivity contribution in [2.45, 2.75) is 20.3 Å². The van der Waals surface area contributed by atoms with E-state index in [-0.39, 0.29) is 5.91 Å². The lowest BCUT2D eigenvalue weighted by Crippen LogP contribution is -2.35. The fraction of sp³-hybridized carbons (Fsp3) is 0.438. The van der Waals surface area contributed by atoms with Gasteiger partial charge in [-0.25, -0.2) is 0 Å². The molecule has 1 saturated heterocycles. The molecule has 0 bridgehead atoms. The van der Waals surface area contributed by atoms with Crippen molar-refractivity contribution in [2.24, 2.45) is 0 Å². The number of thiophene rings is 1. The minimum atomic E-state index is 0.148. The van der Waals surface area contributed by atoms with Crippen molar-refractivity contribution in [3.63, 3.8) is 0 Å². The second kappa shape index (κ2) is 6.44. The first-order valence-corrected chi connectivity index (χ1v) is 8.36. The maximum Gasteiger partial charge on any atom is 0.263 e. The Morgan fingerprint density at radius 3 is 2.59 bits per heavy atom. The van der Waals surface area contributed by atoms with Gasteiger partial charge in [-0.15, -0.1) is 16.4 Å². The zero-order valence-electron chi connectivity index (χ0n) is 13.0. The van der Waals surface area contributed by atoms with Crippen molar-refractivity contribution in [3.8, 4) is 0 Å². The van der Waals surface area contributed by atoms with Crippen molar-refractivity contribution in [2.75, 3.05) is 31.1 Å².